The van der Waals surface area contributed by atoms with E-state index in [1.807, 2.05) is 0 Å². The predicted molar refractivity (Wildman–Crippen MR) is 57.4 cm³/mol. The number of pyridine rings is 1. The molecule has 5 nitrogen and oxygen atoms in total. The lowest BCUT2D eigenvalue weighted by atomic mass is 10.1. The van der Waals surface area contributed by atoms with Gasteiger partial charge in [0.2, 0.25) is 5.91 Å². The van der Waals surface area contributed by atoms with E-state index in [0.717, 1.165) is 0 Å². The smallest absolute Gasteiger partial charge is 0.315 e. The van der Waals surface area contributed by atoms with E-state index in [0.29, 0.717) is 10.3 Å². The molecule has 0 saturated carbocycles. The molecule has 0 spiro atoms. The van der Waals surface area contributed by atoms with Crippen molar-refractivity contribution in [2.45, 2.75) is 6.92 Å². The molecule has 1 rings (SSSR count). The Kier molecular flexibility index (Phi) is 3.79. The van der Waals surface area contributed by atoms with Crippen LogP contribution in [0, 0.1) is 5.92 Å². The maximum absolute atomic E-state index is 11.4. The van der Waals surface area contributed by atoms with Gasteiger partial charge in [0.25, 0.3) is 0 Å². The molecule has 0 aliphatic heterocycles. The minimum atomic E-state index is -1.16. The van der Waals surface area contributed by atoms with E-state index in [9.17, 15) is 9.59 Å². The monoisotopic (exact) mass is 272 g/mol. The van der Waals surface area contributed by atoms with Gasteiger partial charge in [-0.25, -0.2) is 4.98 Å². The van der Waals surface area contributed by atoms with Crippen LogP contribution in [0.4, 0.5) is 5.69 Å². The second-order valence-electron chi connectivity index (χ2n) is 2.89. The number of aliphatic carboxylic acids is 1. The number of anilines is 1. The van der Waals surface area contributed by atoms with Crippen molar-refractivity contribution in [3.8, 4) is 0 Å². The number of hydrogen-bond donors (Lipinski definition) is 2. The third kappa shape index (κ3) is 3.02. The van der Waals surface area contributed by atoms with Gasteiger partial charge in [0.05, 0.1) is 5.69 Å². The topological polar surface area (TPSA) is 79.3 Å². The van der Waals surface area contributed by atoms with Gasteiger partial charge in [-0.15, -0.1) is 0 Å². The van der Waals surface area contributed by atoms with Crippen LogP contribution in [0.5, 0.6) is 0 Å². The summed E-state index contributed by atoms with van der Waals surface area (Å²) in [6.45, 7) is 1.32. The first-order valence-electron chi connectivity index (χ1n) is 4.16. The van der Waals surface area contributed by atoms with Crippen LogP contribution in [0.3, 0.4) is 0 Å². The first kappa shape index (κ1) is 11.6. The van der Waals surface area contributed by atoms with Crippen molar-refractivity contribution in [2.75, 3.05) is 5.32 Å². The van der Waals surface area contributed by atoms with E-state index in [4.69, 9.17) is 5.11 Å². The summed E-state index contributed by atoms with van der Waals surface area (Å²) in [5, 5.41) is 11.1. The maximum Gasteiger partial charge on any atom is 0.315 e. The average Bonchev–Trinajstić information content (AvgIpc) is 2.20. The summed E-state index contributed by atoms with van der Waals surface area (Å²) < 4.78 is 0.468. The molecule has 1 unspecified atom stereocenters. The number of halogens is 1. The number of amides is 1. The van der Waals surface area contributed by atoms with Crippen molar-refractivity contribution in [1.82, 2.24) is 4.98 Å². The summed E-state index contributed by atoms with van der Waals surface area (Å²) >= 11 is 3.14. The van der Waals surface area contributed by atoms with Crippen molar-refractivity contribution in [3.63, 3.8) is 0 Å². The molecule has 0 aliphatic rings. The quantitative estimate of drug-likeness (QED) is 0.646. The Morgan fingerprint density at radius 1 is 1.60 bits per heavy atom. The Hall–Kier alpha value is -1.43. The van der Waals surface area contributed by atoms with Gasteiger partial charge in [-0.2, -0.15) is 0 Å². The van der Waals surface area contributed by atoms with Crippen molar-refractivity contribution in [2.24, 2.45) is 5.92 Å². The molecule has 80 valence electrons. The van der Waals surface area contributed by atoms with E-state index >= 15 is 0 Å². The molecule has 1 atom stereocenters. The van der Waals surface area contributed by atoms with Crippen molar-refractivity contribution in [1.29, 1.82) is 0 Å². The molecule has 0 aromatic carbocycles. The average molecular weight is 273 g/mol. The van der Waals surface area contributed by atoms with Gasteiger partial charge in [0, 0.05) is 6.20 Å². The molecule has 1 amide bonds. The second kappa shape index (κ2) is 4.88. The first-order chi connectivity index (χ1) is 7.02. The highest BCUT2D eigenvalue weighted by molar-refractivity contribution is 9.10. The second-order valence-corrected chi connectivity index (χ2v) is 3.64. The van der Waals surface area contributed by atoms with Gasteiger partial charge < -0.3 is 10.4 Å². The number of nitrogens with one attached hydrogen (secondary N) is 1. The Labute approximate surface area is 94.6 Å². The number of carbonyl (C=O) groups is 2. The number of rotatable bonds is 3. The van der Waals surface area contributed by atoms with Crippen LogP contribution in [0.25, 0.3) is 0 Å². The lowest BCUT2D eigenvalue weighted by molar-refractivity contribution is -0.144. The highest BCUT2D eigenvalue weighted by Crippen LogP contribution is 2.18. The summed E-state index contributed by atoms with van der Waals surface area (Å²) in [7, 11) is 0. The molecule has 0 aliphatic carbocycles. The van der Waals surface area contributed by atoms with Crippen LogP contribution in [0.15, 0.2) is 22.9 Å². The molecule has 0 radical (unpaired) electrons. The first-order valence-corrected chi connectivity index (χ1v) is 4.96. The summed E-state index contributed by atoms with van der Waals surface area (Å²) in [6, 6.07) is 3.27. The lowest BCUT2D eigenvalue weighted by Crippen LogP contribution is -2.27. The number of carboxylic acid groups (broad SMARTS) is 1. The molecular weight excluding hydrogens is 264 g/mol. The molecule has 15 heavy (non-hydrogen) atoms. The Balaban J connectivity index is 2.75. The molecule has 0 saturated heterocycles. The van der Waals surface area contributed by atoms with Crippen LogP contribution in [0.2, 0.25) is 0 Å². The number of hydrogen-bond acceptors (Lipinski definition) is 3. The van der Waals surface area contributed by atoms with Crippen molar-refractivity contribution >= 4 is 33.5 Å². The molecule has 0 fully saturated rings. The minimum Gasteiger partial charge on any atom is -0.481 e. The van der Waals surface area contributed by atoms with Crippen LogP contribution in [-0.2, 0) is 9.59 Å². The van der Waals surface area contributed by atoms with Gasteiger partial charge in [0.1, 0.15) is 10.5 Å². The molecular formula is C9H9BrN2O3. The highest BCUT2D eigenvalue weighted by Gasteiger charge is 2.20. The van der Waals surface area contributed by atoms with Gasteiger partial charge in [-0.05, 0) is 35.0 Å². The van der Waals surface area contributed by atoms with E-state index in [2.05, 4.69) is 26.2 Å². The molecule has 2 N–H and O–H groups in total. The summed E-state index contributed by atoms with van der Waals surface area (Å²) in [4.78, 5) is 25.8. The largest absolute Gasteiger partial charge is 0.481 e. The van der Waals surface area contributed by atoms with Gasteiger partial charge in [-0.3, -0.25) is 9.59 Å². The lowest BCUT2D eigenvalue weighted by Gasteiger charge is -2.08. The zero-order valence-corrected chi connectivity index (χ0v) is 9.48. The zero-order chi connectivity index (χ0) is 11.4. The van der Waals surface area contributed by atoms with Gasteiger partial charge in [-0.1, -0.05) is 0 Å². The number of aromatic nitrogens is 1. The Morgan fingerprint density at radius 2 is 2.27 bits per heavy atom. The van der Waals surface area contributed by atoms with Gasteiger partial charge >= 0.3 is 5.97 Å². The summed E-state index contributed by atoms with van der Waals surface area (Å²) in [5.74, 6) is -2.82. The van der Waals surface area contributed by atoms with Crippen LogP contribution in [0.1, 0.15) is 6.92 Å². The van der Waals surface area contributed by atoms with E-state index in [1.165, 1.54) is 6.92 Å². The highest BCUT2D eigenvalue weighted by atomic mass is 79.9. The molecule has 0 bridgehead atoms. The van der Waals surface area contributed by atoms with E-state index < -0.39 is 17.8 Å². The minimum absolute atomic E-state index is 0.454. The fourth-order valence-electron chi connectivity index (χ4n) is 0.832. The molecule has 1 aromatic rings. The normalized spacial score (nSPS) is 11.9. The standard InChI is InChI=1S/C9H9BrN2O3/c1-5(9(14)15)8(13)12-6-3-2-4-11-7(6)10/h2-5H,1H3,(H,12,13)(H,14,15). The fraction of sp³-hybridized carbons (Fsp3) is 0.222. The fourth-order valence-corrected chi connectivity index (χ4v) is 1.18. The molecule has 6 heteroatoms. The predicted octanol–water partition coefficient (Wildman–Crippen LogP) is 1.50. The third-order valence-electron chi connectivity index (χ3n) is 1.78. The van der Waals surface area contributed by atoms with Crippen LogP contribution >= 0.6 is 15.9 Å². The van der Waals surface area contributed by atoms with Crippen LogP contribution < -0.4 is 5.32 Å². The van der Waals surface area contributed by atoms with Crippen molar-refractivity contribution in [3.05, 3.63) is 22.9 Å². The van der Waals surface area contributed by atoms with E-state index in [1.54, 1.807) is 18.3 Å². The number of carbonyl (C=O) groups excluding carboxylic acids is 1. The van der Waals surface area contributed by atoms with Crippen LogP contribution in [-0.4, -0.2) is 22.0 Å². The van der Waals surface area contributed by atoms with Gasteiger partial charge in [0.15, 0.2) is 0 Å². The molecule has 1 aromatic heterocycles. The Morgan fingerprint density at radius 3 is 2.80 bits per heavy atom. The SMILES string of the molecule is CC(C(=O)O)C(=O)Nc1cccnc1Br. The molecule has 1 heterocycles. The van der Waals surface area contributed by atoms with E-state index in [-0.39, 0.29) is 0 Å². The number of carboxylic acids is 1. The Bertz CT molecular complexity index is 395. The summed E-state index contributed by atoms with van der Waals surface area (Å²) in [6.07, 6.45) is 1.56. The third-order valence-corrected chi connectivity index (χ3v) is 2.41. The zero-order valence-electron chi connectivity index (χ0n) is 7.90. The summed E-state index contributed by atoms with van der Waals surface area (Å²) in [5.41, 5.74) is 0.454. The maximum atomic E-state index is 11.4. The van der Waals surface area contributed by atoms with Crippen molar-refractivity contribution < 1.29 is 14.7 Å². The number of nitrogens with zero attached hydrogens (tertiary/aromatic N) is 1.